The normalized spacial score (nSPS) is 39.8. The molecule has 0 amide bonds. The largest absolute Gasteiger partial charge is 0.491 e. The van der Waals surface area contributed by atoms with E-state index in [0.717, 1.165) is 38.0 Å². The van der Waals surface area contributed by atoms with Crippen LogP contribution in [-0.4, -0.2) is 25.1 Å². The number of aryl methyl sites for hydroxylation is 1. The van der Waals surface area contributed by atoms with Gasteiger partial charge in [-0.25, -0.2) is 0 Å². The number of ketones is 1. The lowest BCUT2D eigenvalue weighted by molar-refractivity contribution is -0.129. The number of Topliss-reactive ketones (excluding diaryl/α,β-unsaturated/α-hetero) is 1. The predicted octanol–water partition coefficient (Wildman–Crippen LogP) is 3.89. The third kappa shape index (κ3) is 2.24. The fourth-order valence-corrected chi connectivity index (χ4v) is 5.77. The lowest BCUT2D eigenvalue weighted by Gasteiger charge is -2.48. The molecule has 5 rings (SSSR count). The molecule has 3 heteroatoms. The summed E-state index contributed by atoms with van der Waals surface area (Å²) in [5.41, 5.74) is 2.98. The highest BCUT2D eigenvalue weighted by atomic mass is 16.6. The maximum Gasteiger partial charge on any atom is 0.139 e. The van der Waals surface area contributed by atoms with E-state index in [1.165, 1.54) is 24.0 Å². The minimum absolute atomic E-state index is 0.0218. The van der Waals surface area contributed by atoms with Crippen LogP contribution >= 0.6 is 0 Å². The van der Waals surface area contributed by atoms with Crippen molar-refractivity contribution in [3.63, 3.8) is 0 Å². The molecule has 0 radical (unpaired) electrons. The van der Waals surface area contributed by atoms with Crippen molar-refractivity contribution >= 4 is 5.78 Å². The molecule has 0 bridgehead atoms. The smallest absolute Gasteiger partial charge is 0.139 e. The third-order valence-electron chi connectivity index (χ3n) is 7.25. The van der Waals surface area contributed by atoms with Crippen LogP contribution in [0.5, 0.6) is 5.75 Å². The van der Waals surface area contributed by atoms with E-state index in [0.29, 0.717) is 36.2 Å². The summed E-state index contributed by atoms with van der Waals surface area (Å²) in [5.74, 6) is 3.48. The average Bonchev–Trinajstić information content (AvgIpc) is 3.37. The molecule has 4 aliphatic rings. The van der Waals surface area contributed by atoms with E-state index in [9.17, 15) is 4.79 Å². The maximum absolute atomic E-state index is 12.4. The molecule has 1 aromatic rings. The van der Waals surface area contributed by atoms with Gasteiger partial charge in [0.1, 0.15) is 24.2 Å². The van der Waals surface area contributed by atoms with Crippen LogP contribution in [0.4, 0.5) is 0 Å². The molecule has 3 fully saturated rings. The van der Waals surface area contributed by atoms with E-state index in [2.05, 4.69) is 25.1 Å². The van der Waals surface area contributed by atoms with Crippen molar-refractivity contribution in [1.82, 2.24) is 0 Å². The zero-order valence-electron chi connectivity index (χ0n) is 14.4. The van der Waals surface area contributed by atoms with E-state index in [-0.39, 0.29) is 5.41 Å². The Morgan fingerprint density at radius 3 is 2.96 bits per heavy atom. The number of fused-ring (bicyclic) bond motifs is 5. The fraction of sp³-hybridized carbons (Fsp3) is 0.667. The Hall–Kier alpha value is -1.35. The highest BCUT2D eigenvalue weighted by Gasteiger charge is 2.54. The van der Waals surface area contributed by atoms with Crippen molar-refractivity contribution in [3.8, 4) is 5.75 Å². The molecule has 1 heterocycles. The standard InChI is InChI=1S/C21H26O3/c1-21-9-8-17-16-5-3-14(23-11-15-12-24-15)10-13(16)2-4-18(17)19(21)6-7-20(21)22/h3,5,10,15,17-19H,2,4,6-9,11-12H2,1H3/t15?,17-,18-,19+,21+/m1/s1. The molecule has 1 aromatic carbocycles. The number of hydrogen-bond acceptors (Lipinski definition) is 3. The summed E-state index contributed by atoms with van der Waals surface area (Å²) in [5, 5.41) is 0. The molecule has 3 nitrogen and oxygen atoms in total. The summed E-state index contributed by atoms with van der Waals surface area (Å²) in [4.78, 5) is 12.4. The van der Waals surface area contributed by atoms with Crippen LogP contribution in [0, 0.1) is 17.3 Å². The highest BCUT2D eigenvalue weighted by molar-refractivity contribution is 5.87. The van der Waals surface area contributed by atoms with Gasteiger partial charge < -0.3 is 9.47 Å². The Labute approximate surface area is 143 Å². The van der Waals surface area contributed by atoms with E-state index in [1.54, 1.807) is 0 Å². The molecule has 3 aliphatic carbocycles. The molecule has 24 heavy (non-hydrogen) atoms. The summed E-state index contributed by atoms with van der Waals surface area (Å²) in [6, 6.07) is 6.69. The summed E-state index contributed by atoms with van der Waals surface area (Å²) in [7, 11) is 0. The van der Waals surface area contributed by atoms with Crippen molar-refractivity contribution < 1.29 is 14.3 Å². The zero-order chi connectivity index (χ0) is 16.3. The van der Waals surface area contributed by atoms with Crippen molar-refractivity contribution in [2.45, 2.75) is 57.5 Å². The molecule has 1 aliphatic heterocycles. The fourth-order valence-electron chi connectivity index (χ4n) is 5.77. The van der Waals surface area contributed by atoms with Crippen LogP contribution in [0.1, 0.15) is 56.1 Å². The van der Waals surface area contributed by atoms with Gasteiger partial charge in [0.15, 0.2) is 0 Å². The number of hydrogen-bond donors (Lipinski definition) is 0. The quantitative estimate of drug-likeness (QED) is 0.791. The van der Waals surface area contributed by atoms with Crippen molar-refractivity contribution in [1.29, 1.82) is 0 Å². The van der Waals surface area contributed by atoms with Gasteiger partial charge >= 0.3 is 0 Å². The molecular weight excluding hydrogens is 300 g/mol. The van der Waals surface area contributed by atoms with Gasteiger partial charge in [0.2, 0.25) is 0 Å². The second-order valence-corrected chi connectivity index (χ2v) is 8.46. The third-order valence-corrected chi connectivity index (χ3v) is 7.25. The SMILES string of the molecule is C[C@]12CC[C@@H]3c4ccc(OCC5CO5)cc4CC[C@H]3[C@@H]1CCC2=O. The molecule has 0 spiro atoms. The van der Waals surface area contributed by atoms with Gasteiger partial charge in [0.05, 0.1) is 6.61 Å². The van der Waals surface area contributed by atoms with E-state index in [4.69, 9.17) is 9.47 Å². The van der Waals surface area contributed by atoms with Gasteiger partial charge in [-0.15, -0.1) is 0 Å². The molecule has 2 saturated carbocycles. The van der Waals surface area contributed by atoms with Crippen LogP contribution in [0.2, 0.25) is 0 Å². The van der Waals surface area contributed by atoms with E-state index >= 15 is 0 Å². The first-order chi connectivity index (χ1) is 11.6. The van der Waals surface area contributed by atoms with Crippen LogP contribution in [0.25, 0.3) is 0 Å². The number of benzene rings is 1. The topological polar surface area (TPSA) is 38.8 Å². The van der Waals surface area contributed by atoms with Crippen LogP contribution in [0.15, 0.2) is 18.2 Å². The van der Waals surface area contributed by atoms with Gasteiger partial charge in [-0.3, -0.25) is 4.79 Å². The maximum atomic E-state index is 12.4. The molecule has 128 valence electrons. The molecule has 0 N–H and O–H groups in total. The first-order valence-electron chi connectivity index (χ1n) is 9.56. The van der Waals surface area contributed by atoms with Crippen LogP contribution in [-0.2, 0) is 16.0 Å². The number of ether oxygens (including phenoxy) is 2. The van der Waals surface area contributed by atoms with Gasteiger partial charge in [0, 0.05) is 11.8 Å². The highest BCUT2D eigenvalue weighted by Crippen LogP contribution is 2.59. The first kappa shape index (κ1) is 14.9. The Kier molecular flexibility index (Phi) is 3.31. The summed E-state index contributed by atoms with van der Waals surface area (Å²) >= 11 is 0. The Morgan fingerprint density at radius 1 is 1.25 bits per heavy atom. The number of carbonyl (C=O) groups is 1. The van der Waals surface area contributed by atoms with Crippen molar-refractivity contribution in [2.75, 3.05) is 13.2 Å². The number of epoxide rings is 1. The molecule has 1 unspecified atom stereocenters. The van der Waals surface area contributed by atoms with Gasteiger partial charge in [-0.2, -0.15) is 0 Å². The number of rotatable bonds is 3. The lowest BCUT2D eigenvalue weighted by atomic mass is 9.55. The van der Waals surface area contributed by atoms with Crippen LogP contribution < -0.4 is 4.74 Å². The molecule has 0 aromatic heterocycles. The molecule has 1 saturated heterocycles. The summed E-state index contributed by atoms with van der Waals surface area (Å²) < 4.78 is 11.1. The summed E-state index contributed by atoms with van der Waals surface area (Å²) in [6.45, 7) is 3.76. The minimum atomic E-state index is -0.0218. The van der Waals surface area contributed by atoms with E-state index < -0.39 is 0 Å². The average molecular weight is 326 g/mol. The molecule has 5 atom stereocenters. The Morgan fingerprint density at radius 2 is 2.12 bits per heavy atom. The first-order valence-corrected chi connectivity index (χ1v) is 9.56. The van der Waals surface area contributed by atoms with Gasteiger partial charge in [0.25, 0.3) is 0 Å². The van der Waals surface area contributed by atoms with Crippen molar-refractivity contribution in [3.05, 3.63) is 29.3 Å². The zero-order valence-corrected chi connectivity index (χ0v) is 14.4. The predicted molar refractivity (Wildman–Crippen MR) is 91.3 cm³/mol. The monoisotopic (exact) mass is 326 g/mol. The lowest BCUT2D eigenvalue weighted by Crippen LogP contribution is -2.42. The molecular formula is C21H26O3. The van der Waals surface area contributed by atoms with Gasteiger partial charge in [-0.1, -0.05) is 13.0 Å². The van der Waals surface area contributed by atoms with E-state index in [1.807, 2.05) is 0 Å². The Balaban J connectivity index is 1.39. The van der Waals surface area contributed by atoms with Crippen molar-refractivity contribution in [2.24, 2.45) is 17.3 Å². The van der Waals surface area contributed by atoms with Gasteiger partial charge in [-0.05, 0) is 73.1 Å². The number of carbonyl (C=O) groups excluding carboxylic acids is 1. The second-order valence-electron chi connectivity index (χ2n) is 8.46. The van der Waals surface area contributed by atoms with Crippen LogP contribution in [0.3, 0.4) is 0 Å². The second kappa shape index (κ2) is 5.32. The Bertz CT molecular complexity index is 678. The minimum Gasteiger partial charge on any atom is -0.491 e. The summed E-state index contributed by atoms with van der Waals surface area (Å²) in [6.07, 6.45) is 6.86.